The molecule has 398 valence electrons. The highest BCUT2D eigenvalue weighted by Crippen LogP contribution is 2.45. The Hall–Kier alpha value is -6.58. The van der Waals surface area contributed by atoms with Crippen LogP contribution < -0.4 is 19.9 Å². The number of ether oxygens (including phenoxy) is 3. The number of carbonyl (C=O) groups is 3. The van der Waals surface area contributed by atoms with Crippen LogP contribution in [0.2, 0.25) is 0 Å². The molecule has 7 aliphatic heterocycles. The summed E-state index contributed by atoms with van der Waals surface area (Å²) in [6, 6.07) is 11.0. The van der Waals surface area contributed by atoms with Crippen LogP contribution in [0.1, 0.15) is 106 Å². The monoisotopic (exact) mass is 1040 g/mol. The van der Waals surface area contributed by atoms with Crippen molar-refractivity contribution in [2.45, 2.75) is 113 Å². The van der Waals surface area contributed by atoms with Crippen LogP contribution in [0.15, 0.2) is 42.5 Å². The number of aromatic nitrogens is 3. The Morgan fingerprint density at radius 1 is 0.842 bits per heavy atom. The highest BCUT2D eigenvalue weighted by atomic mass is 19.1. The summed E-state index contributed by atoms with van der Waals surface area (Å²) in [6.45, 7) is 5.72. The molecule has 3 aromatic carbocycles. The number of imide groups is 1. The van der Waals surface area contributed by atoms with Gasteiger partial charge in [-0.3, -0.25) is 19.8 Å². The van der Waals surface area contributed by atoms with Crippen LogP contribution in [-0.2, 0) is 25.5 Å². The maximum Gasteiger partial charge on any atom is 0.409 e. The first-order chi connectivity index (χ1) is 36.9. The number of anilines is 2. The van der Waals surface area contributed by atoms with E-state index in [0.29, 0.717) is 110 Å². The van der Waals surface area contributed by atoms with E-state index in [1.807, 2.05) is 15.9 Å². The van der Waals surface area contributed by atoms with Crippen molar-refractivity contribution in [3.63, 3.8) is 0 Å². The molecule has 5 aromatic rings. The molecule has 14 nitrogen and oxygen atoms in total. The van der Waals surface area contributed by atoms with Crippen molar-refractivity contribution in [1.82, 2.24) is 30.1 Å². The fourth-order valence-corrected chi connectivity index (χ4v) is 13.7. The van der Waals surface area contributed by atoms with E-state index >= 15 is 17.6 Å². The highest BCUT2D eigenvalue weighted by molar-refractivity contribution is 6.03. The summed E-state index contributed by atoms with van der Waals surface area (Å²) in [5.41, 5.74) is 1.06. The van der Waals surface area contributed by atoms with Gasteiger partial charge in [0.15, 0.2) is 5.82 Å². The van der Waals surface area contributed by atoms with Crippen LogP contribution in [-0.4, -0.2) is 126 Å². The van der Waals surface area contributed by atoms with E-state index in [-0.39, 0.29) is 78.1 Å². The van der Waals surface area contributed by atoms with E-state index in [4.69, 9.17) is 35.6 Å². The normalized spacial score (nSPS) is 24.5. The minimum Gasteiger partial charge on any atom is -0.461 e. The van der Waals surface area contributed by atoms with Gasteiger partial charge < -0.3 is 28.9 Å². The number of aryl methyl sites for hydroxylation is 1. The van der Waals surface area contributed by atoms with Crippen LogP contribution >= 0.6 is 0 Å². The summed E-state index contributed by atoms with van der Waals surface area (Å²) in [6.07, 6.45) is 15.7. The molecule has 18 heteroatoms. The maximum atomic E-state index is 17.4. The lowest BCUT2D eigenvalue weighted by atomic mass is 9.82. The van der Waals surface area contributed by atoms with E-state index in [1.54, 1.807) is 18.2 Å². The van der Waals surface area contributed by atoms with Gasteiger partial charge in [-0.25, -0.2) is 27.3 Å². The second-order valence-electron chi connectivity index (χ2n) is 22.1. The number of nitrogens with zero attached hydrogens (tertiary/aromatic N) is 7. The zero-order chi connectivity index (χ0) is 52.2. The predicted molar refractivity (Wildman–Crippen MR) is 277 cm³/mol. The van der Waals surface area contributed by atoms with Gasteiger partial charge in [0.25, 0.3) is 0 Å². The van der Waals surface area contributed by atoms with Gasteiger partial charge in [0.2, 0.25) is 11.8 Å². The van der Waals surface area contributed by atoms with Gasteiger partial charge in [-0.1, -0.05) is 30.2 Å². The van der Waals surface area contributed by atoms with E-state index in [9.17, 15) is 14.4 Å². The van der Waals surface area contributed by atoms with E-state index in [1.165, 1.54) is 18.2 Å². The fraction of sp³-hybridized carbons (Fsp3) is 0.517. The number of hydrogen-bond acceptors (Lipinski definition) is 12. The molecule has 0 bridgehead atoms. The number of rotatable bonds is 10. The lowest BCUT2D eigenvalue weighted by molar-refractivity contribution is -0.134. The molecule has 4 atom stereocenters. The number of benzene rings is 3. The summed E-state index contributed by atoms with van der Waals surface area (Å²) >= 11 is 0. The minimum atomic E-state index is -1.03. The lowest BCUT2D eigenvalue weighted by Crippen LogP contribution is -2.48. The number of nitrogens with one attached hydrogen (secondary N) is 1. The molecule has 0 aliphatic carbocycles. The average Bonchev–Trinajstić information content (AvgIpc) is 3.89. The molecule has 7 aliphatic rings. The lowest BCUT2D eigenvalue weighted by Gasteiger charge is -2.37. The number of fused-ring (bicyclic) bond motifs is 4. The quantitative estimate of drug-likeness (QED) is 0.0811. The first-order valence-corrected chi connectivity index (χ1v) is 27.3. The van der Waals surface area contributed by atoms with Gasteiger partial charge in [0, 0.05) is 74.0 Å². The first-order valence-electron chi connectivity index (χ1n) is 27.3. The second kappa shape index (κ2) is 20.8. The first kappa shape index (κ1) is 50.2. The fourth-order valence-electron chi connectivity index (χ4n) is 13.7. The molecule has 1 unspecified atom stereocenters. The molecule has 0 radical (unpaired) electrons. The molecule has 12 rings (SSSR count). The van der Waals surface area contributed by atoms with Crippen LogP contribution in [0.3, 0.4) is 0 Å². The summed E-state index contributed by atoms with van der Waals surface area (Å²) in [4.78, 5) is 60.8. The zero-order valence-corrected chi connectivity index (χ0v) is 42.6. The number of piperidine rings is 3. The predicted octanol–water partition coefficient (Wildman–Crippen LogP) is 8.98. The Kier molecular flexibility index (Phi) is 13.7. The maximum absolute atomic E-state index is 17.4. The number of hydrogen-bond donors (Lipinski definition) is 1. The van der Waals surface area contributed by atoms with E-state index in [2.05, 4.69) is 21.0 Å². The minimum absolute atomic E-state index is 0.0156. The second-order valence-corrected chi connectivity index (χ2v) is 22.1. The smallest absolute Gasteiger partial charge is 0.409 e. The van der Waals surface area contributed by atoms with Crippen LogP contribution in [0.4, 0.5) is 33.9 Å². The van der Waals surface area contributed by atoms with E-state index < -0.39 is 41.0 Å². The Morgan fingerprint density at radius 3 is 2.41 bits per heavy atom. The summed E-state index contributed by atoms with van der Waals surface area (Å²) < 4.78 is 81.9. The summed E-state index contributed by atoms with van der Waals surface area (Å²) in [5, 5.41) is 3.81. The van der Waals surface area contributed by atoms with Crippen molar-refractivity contribution in [3.05, 3.63) is 82.6 Å². The topological polar surface area (TPSA) is 143 Å². The van der Waals surface area contributed by atoms with Crippen molar-refractivity contribution >= 4 is 51.1 Å². The number of likely N-dealkylation sites (tertiary alicyclic amines) is 1. The number of terminal acetylenes is 1. The number of amides is 3. The van der Waals surface area contributed by atoms with Gasteiger partial charge >= 0.3 is 12.1 Å². The molecule has 0 spiro atoms. The van der Waals surface area contributed by atoms with Crippen molar-refractivity contribution in [2.75, 3.05) is 75.5 Å². The molecule has 76 heavy (non-hydrogen) atoms. The third-order valence-electron chi connectivity index (χ3n) is 17.7. The van der Waals surface area contributed by atoms with Crippen molar-refractivity contribution in [3.8, 4) is 29.6 Å². The molecular formula is C58H62F4N8O6. The average molecular weight is 1040 g/mol. The van der Waals surface area contributed by atoms with Crippen molar-refractivity contribution in [2.24, 2.45) is 11.8 Å². The number of carbonyl (C=O) groups excluding carboxylic acids is 3. The van der Waals surface area contributed by atoms with Gasteiger partial charge in [0.1, 0.15) is 47.7 Å². The summed E-state index contributed by atoms with van der Waals surface area (Å²) in [5.74, 6) is -0.898. The Balaban J connectivity index is 0.674. The van der Waals surface area contributed by atoms with E-state index in [0.717, 1.165) is 70.8 Å². The van der Waals surface area contributed by atoms with Crippen molar-refractivity contribution < 1.29 is 46.2 Å². The SMILES string of the molecule is C#Cc1c(F)ccc2cccc(-c3nc4c5c(nc(OC[C@@]67CCCN6[C@H](COC(=O)N6CCC(CC8CCN(c9cc(F)c(C%10CCC(=O)NC%10=O)c(F)c9)CC8)CC6)CC7)nc5c3F)N3CCCOC[C@@H]3CC4)c12. The van der Waals surface area contributed by atoms with Gasteiger partial charge in [-0.05, 0) is 125 Å². The third-order valence-corrected chi connectivity index (χ3v) is 17.7. The van der Waals surface area contributed by atoms with Gasteiger partial charge in [-0.15, -0.1) is 6.42 Å². The molecule has 2 aromatic heterocycles. The molecule has 0 saturated carbocycles. The highest BCUT2D eigenvalue weighted by Gasteiger charge is 2.50. The van der Waals surface area contributed by atoms with Gasteiger partial charge in [-0.2, -0.15) is 9.97 Å². The Labute approximate surface area is 438 Å². The number of halogens is 4. The van der Waals surface area contributed by atoms with Crippen LogP contribution in [0.25, 0.3) is 32.9 Å². The van der Waals surface area contributed by atoms with Gasteiger partial charge in [0.05, 0.1) is 40.7 Å². The van der Waals surface area contributed by atoms with Crippen LogP contribution in [0.5, 0.6) is 6.01 Å². The molecule has 9 heterocycles. The summed E-state index contributed by atoms with van der Waals surface area (Å²) in [7, 11) is 0. The molecular weight excluding hydrogens is 981 g/mol. The molecule has 6 fully saturated rings. The Morgan fingerprint density at radius 2 is 1.63 bits per heavy atom. The zero-order valence-electron chi connectivity index (χ0n) is 42.6. The molecule has 6 saturated heterocycles. The number of pyridine rings is 1. The Bertz CT molecular complexity index is 3130. The van der Waals surface area contributed by atoms with Crippen LogP contribution in [0, 0.1) is 47.4 Å². The standard InChI is InChI=1S/C58H62F4N8O6/c1-2-40-43(59)11-8-36-6-3-7-41(48(36)40)52-51(62)53-50-46(63-52)12-9-37-31-74-27-5-21-69(37)54(50)66-56(65-53)76-33-58-19-4-22-70(58)38(14-20-58)32-75-57(73)68-25-17-35(18-26-68)28-34-15-23-67(24-16-34)39-29-44(60)49(45(61)30-39)42-10-13-47(71)64-55(42)72/h1,3,6-8,11,29-30,34-35,37-38,42H,4-5,9-10,12-28,31-33H2,(H,64,71,72)/t37-,38-,42?,58-/m0/s1. The van der Waals surface area contributed by atoms with Crippen molar-refractivity contribution in [1.29, 1.82) is 0 Å². The molecule has 3 amide bonds. The largest absolute Gasteiger partial charge is 0.461 e. The molecule has 1 N–H and O–H groups in total. The third kappa shape index (κ3) is 9.34.